The summed E-state index contributed by atoms with van der Waals surface area (Å²) in [6.07, 6.45) is 0. The third kappa shape index (κ3) is 9.37. The average Bonchev–Trinajstić information content (AvgIpc) is 3.90. The van der Waals surface area contributed by atoms with Gasteiger partial charge >= 0.3 is 0 Å². The Balaban J connectivity index is 0.959. The molecule has 4 nitrogen and oxygen atoms in total. The smallest absolute Gasteiger partial charge is 0.0541 e. The minimum absolute atomic E-state index is 1.06. The van der Waals surface area contributed by atoms with Gasteiger partial charge in [-0.1, -0.05) is 170 Å². The molecule has 1 heterocycles. The van der Waals surface area contributed by atoms with Gasteiger partial charge in [0.15, 0.2) is 0 Å². The van der Waals surface area contributed by atoms with Crippen molar-refractivity contribution in [2.24, 2.45) is 0 Å². The van der Waals surface area contributed by atoms with Crippen LogP contribution in [-0.4, -0.2) is 0 Å². The van der Waals surface area contributed by atoms with Crippen LogP contribution in [0.25, 0.3) is 42.4 Å². The molecule has 0 atom stereocenters. The Morgan fingerprint density at radius 1 is 0.195 bits per heavy atom. The van der Waals surface area contributed by atoms with Crippen LogP contribution in [0.15, 0.2) is 315 Å². The van der Waals surface area contributed by atoms with E-state index in [1.54, 1.807) is 0 Å². The van der Waals surface area contributed by atoms with Gasteiger partial charge in [-0.2, -0.15) is 0 Å². The van der Waals surface area contributed by atoms with E-state index in [-0.39, 0.29) is 0 Å². The summed E-state index contributed by atoms with van der Waals surface area (Å²) < 4.78 is 2.47. The maximum atomic E-state index is 2.40. The first-order valence-corrected chi connectivity index (χ1v) is 26.9. The molecule has 0 spiro atoms. The summed E-state index contributed by atoms with van der Waals surface area (Å²) in [6.45, 7) is 0. The second-order valence-electron chi connectivity index (χ2n) is 19.0. The van der Waals surface area contributed by atoms with Crippen LogP contribution in [0.1, 0.15) is 0 Å². The Morgan fingerprint density at radius 2 is 0.442 bits per heavy atom. The molecule has 366 valence electrons. The molecule has 12 aromatic carbocycles. The van der Waals surface area contributed by atoms with Crippen molar-refractivity contribution in [3.05, 3.63) is 315 Å². The number of para-hydroxylation sites is 6. The van der Waals surface area contributed by atoms with Crippen molar-refractivity contribution in [3.63, 3.8) is 0 Å². The predicted octanol–water partition coefficient (Wildman–Crippen LogP) is 21.3. The largest absolute Gasteiger partial charge is 0.310 e. The molecule has 0 saturated carbocycles. The fraction of sp³-hybridized carbons (Fsp3) is 0. The van der Waals surface area contributed by atoms with Crippen molar-refractivity contribution in [1.29, 1.82) is 0 Å². The maximum absolute atomic E-state index is 2.40. The van der Waals surface area contributed by atoms with E-state index < -0.39 is 0 Å². The normalized spacial score (nSPS) is 11.1. The molecule has 0 saturated heterocycles. The number of hydrogen-bond donors (Lipinski definition) is 0. The fourth-order valence-electron chi connectivity index (χ4n) is 10.7. The Hall–Kier alpha value is -9.94. The summed E-state index contributed by atoms with van der Waals surface area (Å²) in [4.78, 5) is 9.52. The molecule has 0 radical (unpaired) electrons. The Kier molecular flexibility index (Phi) is 12.8. The molecule has 0 unspecified atom stereocenters. The van der Waals surface area contributed by atoms with E-state index >= 15 is 0 Å². The average molecular weight is 1010 g/mol. The van der Waals surface area contributed by atoms with E-state index in [0.717, 1.165) is 90.5 Å². The van der Waals surface area contributed by atoms with Crippen LogP contribution >= 0.6 is 11.3 Å². The molecular formula is C72H52N4S. The fourth-order valence-corrected chi connectivity index (χ4v) is 11.7. The summed E-state index contributed by atoms with van der Waals surface area (Å²) in [5, 5.41) is 2.42. The quantitative estimate of drug-likeness (QED) is 0.108. The predicted molar refractivity (Wildman–Crippen MR) is 329 cm³/mol. The monoisotopic (exact) mass is 1000 g/mol. The Morgan fingerprint density at radius 3 is 0.740 bits per heavy atom. The van der Waals surface area contributed by atoms with E-state index in [1.165, 1.54) is 20.2 Å². The molecule has 0 aliphatic heterocycles. The molecule has 0 N–H and O–H groups in total. The zero-order chi connectivity index (χ0) is 51.3. The summed E-state index contributed by atoms with van der Waals surface area (Å²) in [5.74, 6) is 0. The van der Waals surface area contributed by atoms with Gasteiger partial charge in [0, 0.05) is 88.2 Å². The van der Waals surface area contributed by atoms with E-state index in [2.05, 4.69) is 335 Å². The van der Waals surface area contributed by atoms with Crippen molar-refractivity contribution in [2.45, 2.75) is 0 Å². The zero-order valence-corrected chi connectivity index (χ0v) is 43.0. The molecule has 13 aromatic rings. The van der Waals surface area contributed by atoms with Crippen LogP contribution in [0.5, 0.6) is 0 Å². The van der Waals surface area contributed by atoms with E-state index in [9.17, 15) is 0 Å². The van der Waals surface area contributed by atoms with Gasteiger partial charge in [0.1, 0.15) is 0 Å². The molecule has 5 heteroatoms. The molecule has 1 aromatic heterocycles. The molecular weight excluding hydrogens is 953 g/mol. The van der Waals surface area contributed by atoms with Crippen LogP contribution < -0.4 is 19.6 Å². The first kappa shape index (κ1) is 46.8. The zero-order valence-electron chi connectivity index (χ0n) is 42.2. The first-order valence-electron chi connectivity index (χ1n) is 26.1. The minimum atomic E-state index is 1.06. The number of benzene rings is 12. The lowest BCUT2D eigenvalue weighted by Gasteiger charge is -2.31. The highest BCUT2D eigenvalue weighted by Crippen LogP contribution is 2.49. The van der Waals surface area contributed by atoms with Gasteiger partial charge in [-0.05, 0) is 157 Å². The van der Waals surface area contributed by atoms with Crippen molar-refractivity contribution in [2.75, 3.05) is 19.6 Å². The standard InChI is InChI=1S/C72H52N4S/c1-9-25-53(26-10-1)65-49-61(41-45-69(65)75(57-33-17-5-18-34-57)58-35-19-6-20-36-58)73(55-29-13-3-14-30-55)63-43-47-71-67(51-63)68-52-64(44-48-72(68)77-71)74(56-31-15-4-16-32-56)62-42-46-70(66(50-62)54-27-11-2-12-28-54)76(59-37-21-7-22-38-59)60-39-23-8-24-40-60/h1-52H. The molecule has 13 rings (SSSR count). The number of nitrogens with zero attached hydrogens (tertiary/aromatic N) is 4. The molecule has 0 fully saturated rings. The van der Waals surface area contributed by atoms with Crippen LogP contribution in [0.3, 0.4) is 0 Å². The molecule has 0 aliphatic rings. The van der Waals surface area contributed by atoms with Crippen molar-refractivity contribution in [1.82, 2.24) is 0 Å². The van der Waals surface area contributed by atoms with Crippen molar-refractivity contribution >= 4 is 99.8 Å². The second kappa shape index (κ2) is 21.1. The second-order valence-corrected chi connectivity index (χ2v) is 20.0. The molecule has 77 heavy (non-hydrogen) atoms. The van der Waals surface area contributed by atoms with Gasteiger partial charge in [0.2, 0.25) is 0 Å². The van der Waals surface area contributed by atoms with Crippen LogP contribution in [0, 0.1) is 0 Å². The summed E-state index contributed by atoms with van der Waals surface area (Å²) >= 11 is 1.84. The summed E-state index contributed by atoms with van der Waals surface area (Å²) in [6, 6.07) is 113. The number of anilines is 12. The minimum Gasteiger partial charge on any atom is -0.310 e. The third-order valence-electron chi connectivity index (χ3n) is 14.2. The van der Waals surface area contributed by atoms with Gasteiger partial charge in [-0.3, -0.25) is 0 Å². The topological polar surface area (TPSA) is 13.0 Å². The Bertz CT molecular complexity index is 3740. The number of rotatable bonds is 14. The third-order valence-corrected chi connectivity index (χ3v) is 15.3. The van der Waals surface area contributed by atoms with E-state index in [1.807, 2.05) is 11.3 Å². The van der Waals surface area contributed by atoms with Crippen LogP contribution in [-0.2, 0) is 0 Å². The highest BCUT2D eigenvalue weighted by molar-refractivity contribution is 7.25. The van der Waals surface area contributed by atoms with E-state index in [4.69, 9.17) is 0 Å². The summed E-state index contributed by atoms with van der Waals surface area (Å²) in [7, 11) is 0. The Labute approximate surface area is 454 Å². The molecule has 0 aliphatic carbocycles. The van der Waals surface area contributed by atoms with Crippen molar-refractivity contribution in [3.8, 4) is 22.3 Å². The maximum Gasteiger partial charge on any atom is 0.0541 e. The van der Waals surface area contributed by atoms with Gasteiger partial charge in [0.25, 0.3) is 0 Å². The molecule has 0 amide bonds. The van der Waals surface area contributed by atoms with E-state index in [0.29, 0.717) is 0 Å². The van der Waals surface area contributed by atoms with Gasteiger partial charge in [-0.25, -0.2) is 0 Å². The van der Waals surface area contributed by atoms with Gasteiger partial charge in [0.05, 0.1) is 11.4 Å². The highest BCUT2D eigenvalue weighted by Gasteiger charge is 2.24. The highest BCUT2D eigenvalue weighted by atomic mass is 32.1. The summed E-state index contributed by atoms with van der Waals surface area (Å²) in [5.41, 5.74) is 17.5. The number of fused-ring (bicyclic) bond motifs is 3. The number of hydrogen-bond acceptors (Lipinski definition) is 5. The van der Waals surface area contributed by atoms with Gasteiger partial charge in [-0.15, -0.1) is 11.3 Å². The van der Waals surface area contributed by atoms with Gasteiger partial charge < -0.3 is 19.6 Å². The molecule has 0 bridgehead atoms. The van der Waals surface area contributed by atoms with Crippen LogP contribution in [0.4, 0.5) is 68.2 Å². The lowest BCUT2D eigenvalue weighted by atomic mass is 9.99. The van der Waals surface area contributed by atoms with Crippen LogP contribution in [0.2, 0.25) is 0 Å². The first-order chi connectivity index (χ1) is 38.2. The lowest BCUT2D eigenvalue weighted by Crippen LogP contribution is -2.13. The lowest BCUT2D eigenvalue weighted by molar-refractivity contribution is 1.26. The number of thiophene rings is 1. The van der Waals surface area contributed by atoms with Crippen molar-refractivity contribution < 1.29 is 0 Å². The SMILES string of the molecule is c1ccc(-c2cc(N(c3ccccc3)c3ccc4sc5ccc(N(c6ccccc6)c6ccc(N(c7ccccc7)c7ccccc7)c(-c7ccccc7)c6)cc5c4c3)ccc2N(c2ccccc2)c2ccccc2)cc1.